The van der Waals surface area contributed by atoms with Crippen LogP contribution in [0, 0.1) is 0 Å². The van der Waals surface area contributed by atoms with Crippen LogP contribution in [0.1, 0.15) is 30.0 Å². The predicted molar refractivity (Wildman–Crippen MR) is 87.2 cm³/mol. The van der Waals surface area contributed by atoms with Gasteiger partial charge >= 0.3 is 0 Å². The zero-order chi connectivity index (χ0) is 15.0. The molecule has 0 amide bonds. The van der Waals surface area contributed by atoms with Crippen molar-refractivity contribution in [2.24, 2.45) is 5.73 Å². The Hall–Kier alpha value is -1.51. The van der Waals surface area contributed by atoms with Gasteiger partial charge in [0.15, 0.2) is 5.13 Å². The topological polar surface area (TPSA) is 85.1 Å². The number of thiocarbonyl (C=S) groups is 1. The second-order valence-electron chi connectivity index (χ2n) is 4.85. The van der Waals surface area contributed by atoms with E-state index in [9.17, 15) is 8.42 Å². The highest BCUT2D eigenvalue weighted by molar-refractivity contribution is 7.93. The number of nitrogens with zero attached hydrogens (tertiary/aromatic N) is 1. The zero-order valence-electron chi connectivity index (χ0n) is 10.9. The lowest BCUT2D eigenvalue weighted by Crippen LogP contribution is -2.15. The Morgan fingerprint density at radius 3 is 2.86 bits per heavy atom. The average molecular weight is 339 g/mol. The third kappa shape index (κ3) is 3.22. The lowest BCUT2D eigenvalue weighted by molar-refractivity contribution is 0.601. The molecule has 0 atom stereocenters. The summed E-state index contributed by atoms with van der Waals surface area (Å²) in [5, 5.41) is 2.29. The lowest BCUT2D eigenvalue weighted by Gasteiger charge is -2.06. The van der Waals surface area contributed by atoms with E-state index in [4.69, 9.17) is 18.0 Å². The summed E-state index contributed by atoms with van der Waals surface area (Å²) < 4.78 is 27.2. The molecule has 8 heteroatoms. The minimum atomic E-state index is -3.68. The van der Waals surface area contributed by atoms with Crippen LogP contribution >= 0.6 is 23.6 Å². The van der Waals surface area contributed by atoms with E-state index < -0.39 is 10.0 Å². The third-order valence-corrected chi connectivity index (χ3v) is 5.65. The van der Waals surface area contributed by atoms with Crippen molar-refractivity contribution in [3.63, 3.8) is 0 Å². The van der Waals surface area contributed by atoms with Crippen LogP contribution in [0.15, 0.2) is 34.5 Å². The number of hydrogen-bond acceptors (Lipinski definition) is 5. The first kappa shape index (κ1) is 14.4. The fraction of sp³-hybridized carbons (Fsp3) is 0.231. The molecule has 1 aliphatic carbocycles. The van der Waals surface area contributed by atoms with Crippen molar-refractivity contribution < 1.29 is 8.42 Å². The van der Waals surface area contributed by atoms with Gasteiger partial charge in [-0.15, -0.1) is 11.3 Å². The number of benzene rings is 1. The van der Waals surface area contributed by atoms with Crippen molar-refractivity contribution in [3.05, 3.63) is 40.9 Å². The number of thiazole rings is 1. The summed E-state index contributed by atoms with van der Waals surface area (Å²) in [6.07, 6.45) is 2.26. The van der Waals surface area contributed by atoms with Gasteiger partial charge in [0.1, 0.15) is 4.99 Å². The molecule has 3 N–H and O–H groups in total. The quantitative estimate of drug-likeness (QED) is 0.817. The summed E-state index contributed by atoms with van der Waals surface area (Å²) in [7, 11) is -3.68. The molecule has 1 aromatic carbocycles. The molecule has 0 spiro atoms. The van der Waals surface area contributed by atoms with Gasteiger partial charge in [0.05, 0.1) is 10.6 Å². The van der Waals surface area contributed by atoms with Crippen molar-refractivity contribution in [1.82, 2.24) is 4.98 Å². The molecule has 0 saturated heterocycles. The molecule has 5 nitrogen and oxygen atoms in total. The van der Waals surface area contributed by atoms with Gasteiger partial charge < -0.3 is 5.73 Å². The predicted octanol–water partition coefficient (Wildman–Crippen LogP) is 2.46. The Balaban J connectivity index is 1.85. The first-order valence-electron chi connectivity index (χ1n) is 6.34. The van der Waals surface area contributed by atoms with Crippen LogP contribution in [-0.4, -0.2) is 18.4 Å². The first-order valence-corrected chi connectivity index (χ1v) is 9.11. The van der Waals surface area contributed by atoms with Crippen LogP contribution in [0.3, 0.4) is 0 Å². The maximum Gasteiger partial charge on any atom is 0.263 e. The molecule has 1 fully saturated rings. The third-order valence-electron chi connectivity index (χ3n) is 3.17. The van der Waals surface area contributed by atoms with Gasteiger partial charge in [-0.2, -0.15) is 0 Å². The molecule has 0 bridgehead atoms. The summed E-state index contributed by atoms with van der Waals surface area (Å²) in [6, 6.07) is 6.25. The van der Waals surface area contributed by atoms with E-state index in [0.29, 0.717) is 16.6 Å². The first-order chi connectivity index (χ1) is 9.95. The molecule has 0 aliphatic heterocycles. The number of aromatic nitrogens is 1. The largest absolute Gasteiger partial charge is 0.389 e. The molecule has 2 aromatic rings. The summed E-state index contributed by atoms with van der Waals surface area (Å²) in [6.45, 7) is 0. The Morgan fingerprint density at radius 1 is 1.43 bits per heavy atom. The Labute approximate surface area is 132 Å². The second kappa shape index (κ2) is 5.36. The van der Waals surface area contributed by atoms with E-state index >= 15 is 0 Å². The maximum atomic E-state index is 12.3. The molecule has 21 heavy (non-hydrogen) atoms. The number of anilines is 1. The lowest BCUT2D eigenvalue weighted by atomic mass is 10.2. The van der Waals surface area contributed by atoms with Crippen molar-refractivity contribution in [1.29, 1.82) is 0 Å². The second-order valence-corrected chi connectivity index (χ2v) is 7.83. The van der Waals surface area contributed by atoms with Crippen LogP contribution in [0.25, 0.3) is 0 Å². The molecule has 1 aliphatic rings. The molecule has 0 radical (unpaired) electrons. The Bertz CT molecular complexity index is 794. The van der Waals surface area contributed by atoms with Crippen molar-refractivity contribution in [3.8, 4) is 0 Å². The summed E-state index contributed by atoms with van der Waals surface area (Å²) in [5.74, 6) is 0.498. The van der Waals surface area contributed by atoms with E-state index in [1.165, 1.54) is 23.5 Å². The minimum absolute atomic E-state index is 0.121. The van der Waals surface area contributed by atoms with E-state index in [0.717, 1.165) is 18.5 Å². The molecule has 110 valence electrons. The molecular formula is C13H13N3O2S3. The highest BCUT2D eigenvalue weighted by Gasteiger charge is 2.27. The molecular weight excluding hydrogens is 326 g/mol. The molecule has 1 aromatic heterocycles. The van der Waals surface area contributed by atoms with Crippen molar-refractivity contribution in [2.75, 3.05) is 4.72 Å². The van der Waals surface area contributed by atoms with Crippen LogP contribution in [0.4, 0.5) is 5.13 Å². The van der Waals surface area contributed by atoms with Gasteiger partial charge in [0.2, 0.25) is 0 Å². The number of sulfonamides is 1. The normalized spacial score (nSPS) is 14.9. The van der Waals surface area contributed by atoms with Gasteiger partial charge in [-0.1, -0.05) is 24.4 Å². The number of rotatable bonds is 5. The van der Waals surface area contributed by atoms with Gasteiger partial charge in [-0.05, 0) is 25.0 Å². The standard InChI is InChI=1S/C13H13N3O2S3/c14-12(19)9-2-1-3-10(6-9)21(17,18)16-13-15-11(7-20-13)8-4-5-8/h1-3,6-8H,4-5H2,(H2,14,19)(H,15,16). The van der Waals surface area contributed by atoms with Gasteiger partial charge in [-0.3, -0.25) is 4.72 Å². The highest BCUT2D eigenvalue weighted by atomic mass is 32.2. The van der Waals surface area contributed by atoms with Crippen LogP contribution in [-0.2, 0) is 10.0 Å². The number of hydrogen-bond donors (Lipinski definition) is 2. The van der Waals surface area contributed by atoms with E-state index in [1.54, 1.807) is 12.1 Å². The molecule has 3 rings (SSSR count). The monoisotopic (exact) mass is 339 g/mol. The summed E-state index contributed by atoms with van der Waals surface area (Å²) in [5.41, 5.74) is 7.01. The SMILES string of the molecule is NC(=S)c1cccc(S(=O)(=O)Nc2nc(C3CC3)cs2)c1. The number of nitrogens with one attached hydrogen (secondary N) is 1. The molecule has 1 saturated carbocycles. The fourth-order valence-electron chi connectivity index (χ4n) is 1.89. The number of nitrogens with two attached hydrogens (primary N) is 1. The highest BCUT2D eigenvalue weighted by Crippen LogP contribution is 2.41. The van der Waals surface area contributed by atoms with Gasteiger partial charge in [-0.25, -0.2) is 13.4 Å². The molecule has 1 heterocycles. The maximum absolute atomic E-state index is 12.3. The van der Waals surface area contributed by atoms with E-state index in [2.05, 4.69) is 9.71 Å². The van der Waals surface area contributed by atoms with E-state index in [1.807, 2.05) is 5.38 Å². The Morgan fingerprint density at radius 2 is 2.19 bits per heavy atom. The Kier molecular flexibility index (Phi) is 3.68. The van der Waals surface area contributed by atoms with Gasteiger partial charge in [0, 0.05) is 16.9 Å². The fourth-order valence-corrected chi connectivity index (χ4v) is 4.11. The molecule has 0 unspecified atom stereocenters. The summed E-state index contributed by atoms with van der Waals surface area (Å²) in [4.78, 5) is 4.60. The van der Waals surface area contributed by atoms with Crippen LogP contribution in [0.2, 0.25) is 0 Å². The minimum Gasteiger partial charge on any atom is -0.389 e. The van der Waals surface area contributed by atoms with Crippen LogP contribution in [0.5, 0.6) is 0 Å². The average Bonchev–Trinajstić information content (AvgIpc) is 3.20. The zero-order valence-corrected chi connectivity index (χ0v) is 13.4. The van der Waals surface area contributed by atoms with Crippen LogP contribution < -0.4 is 10.5 Å². The van der Waals surface area contributed by atoms with Gasteiger partial charge in [0.25, 0.3) is 10.0 Å². The smallest absolute Gasteiger partial charge is 0.263 e. The van der Waals surface area contributed by atoms with Crippen molar-refractivity contribution >= 4 is 43.7 Å². The van der Waals surface area contributed by atoms with Crippen molar-refractivity contribution in [2.45, 2.75) is 23.7 Å². The van der Waals surface area contributed by atoms with E-state index in [-0.39, 0.29) is 9.88 Å². The summed E-state index contributed by atoms with van der Waals surface area (Å²) >= 11 is 6.16.